The Labute approximate surface area is 91.2 Å². The predicted octanol–water partition coefficient (Wildman–Crippen LogP) is 2.27. The Morgan fingerprint density at radius 2 is 1.86 bits per heavy atom. The molecular formula is C8H8Cl2N2O2. The van der Waals surface area contributed by atoms with Gasteiger partial charge in [0.15, 0.2) is 0 Å². The van der Waals surface area contributed by atoms with E-state index in [0.717, 1.165) is 0 Å². The molecule has 0 radical (unpaired) electrons. The van der Waals surface area contributed by atoms with E-state index in [-0.39, 0.29) is 22.5 Å². The molecule has 0 aromatic carbocycles. The van der Waals surface area contributed by atoms with Gasteiger partial charge in [0, 0.05) is 0 Å². The minimum Gasteiger partial charge on any atom is -0.462 e. The third-order valence-corrected chi connectivity index (χ3v) is 1.96. The minimum absolute atomic E-state index is 0.0146. The zero-order valence-corrected chi connectivity index (χ0v) is 9.19. The smallest absolute Gasteiger partial charge is 0.344 e. The molecule has 4 nitrogen and oxygen atoms in total. The van der Waals surface area contributed by atoms with Gasteiger partial charge in [0.2, 0.25) is 0 Å². The van der Waals surface area contributed by atoms with Gasteiger partial charge in [-0.05, 0) is 13.8 Å². The Bertz CT molecular complexity index is 345. The standard InChI is InChI=1S/C8H8Cl2N2O2/c1-3-14-8(13)5-6(9)11-4(2)12-7(5)10/h3H2,1-2H3. The number of hydrogen-bond donors (Lipinski definition) is 0. The van der Waals surface area contributed by atoms with Crippen LogP contribution in [0, 0.1) is 6.92 Å². The SMILES string of the molecule is CCOC(=O)c1c(Cl)nc(C)nc1Cl. The second-order valence-electron chi connectivity index (χ2n) is 2.45. The van der Waals surface area contributed by atoms with Crippen LogP contribution in [0.2, 0.25) is 10.3 Å². The highest BCUT2D eigenvalue weighted by Gasteiger charge is 2.18. The van der Waals surface area contributed by atoms with Gasteiger partial charge in [-0.3, -0.25) is 0 Å². The van der Waals surface area contributed by atoms with Crippen LogP contribution in [-0.4, -0.2) is 22.5 Å². The molecule has 1 rings (SSSR count). The van der Waals surface area contributed by atoms with Crippen molar-refractivity contribution in [2.24, 2.45) is 0 Å². The summed E-state index contributed by atoms with van der Waals surface area (Å²) >= 11 is 11.5. The largest absolute Gasteiger partial charge is 0.462 e. The summed E-state index contributed by atoms with van der Waals surface area (Å²) in [6.07, 6.45) is 0. The number of rotatable bonds is 2. The monoisotopic (exact) mass is 234 g/mol. The Kier molecular flexibility index (Phi) is 3.66. The molecule has 0 N–H and O–H groups in total. The second kappa shape index (κ2) is 4.57. The molecule has 0 aliphatic rings. The average Bonchev–Trinajstić information content (AvgIpc) is 2.01. The van der Waals surface area contributed by atoms with Gasteiger partial charge in [-0.1, -0.05) is 23.2 Å². The van der Waals surface area contributed by atoms with Crippen LogP contribution in [0.25, 0.3) is 0 Å². The van der Waals surface area contributed by atoms with Crippen molar-refractivity contribution < 1.29 is 9.53 Å². The Morgan fingerprint density at radius 1 is 1.36 bits per heavy atom. The van der Waals surface area contributed by atoms with E-state index in [1.54, 1.807) is 13.8 Å². The molecule has 76 valence electrons. The van der Waals surface area contributed by atoms with Gasteiger partial charge >= 0.3 is 5.97 Å². The van der Waals surface area contributed by atoms with E-state index in [4.69, 9.17) is 27.9 Å². The number of aryl methyl sites for hydroxylation is 1. The number of nitrogens with zero attached hydrogens (tertiary/aromatic N) is 2. The van der Waals surface area contributed by atoms with Gasteiger partial charge in [0.1, 0.15) is 21.7 Å². The van der Waals surface area contributed by atoms with Crippen LogP contribution in [0.1, 0.15) is 23.1 Å². The molecule has 0 amide bonds. The molecule has 0 saturated heterocycles. The zero-order chi connectivity index (χ0) is 10.7. The van der Waals surface area contributed by atoms with Crippen LogP contribution in [0.5, 0.6) is 0 Å². The number of carbonyl (C=O) groups excluding carboxylic acids is 1. The molecule has 0 atom stereocenters. The summed E-state index contributed by atoms with van der Waals surface area (Å²) in [6.45, 7) is 3.57. The fourth-order valence-electron chi connectivity index (χ4n) is 0.878. The third kappa shape index (κ3) is 2.33. The highest BCUT2D eigenvalue weighted by molar-refractivity contribution is 6.37. The van der Waals surface area contributed by atoms with Gasteiger partial charge in [-0.25, -0.2) is 14.8 Å². The van der Waals surface area contributed by atoms with Crippen LogP contribution < -0.4 is 0 Å². The van der Waals surface area contributed by atoms with Crippen molar-refractivity contribution in [3.63, 3.8) is 0 Å². The summed E-state index contributed by atoms with van der Waals surface area (Å²) in [4.78, 5) is 18.9. The maximum Gasteiger partial charge on any atom is 0.344 e. The molecule has 1 aromatic heterocycles. The first-order chi connectivity index (χ1) is 6.56. The molecule has 14 heavy (non-hydrogen) atoms. The summed E-state index contributed by atoms with van der Waals surface area (Å²) in [5.41, 5.74) is 0.0146. The number of ether oxygens (including phenoxy) is 1. The lowest BCUT2D eigenvalue weighted by Crippen LogP contribution is -2.09. The van der Waals surface area contributed by atoms with E-state index < -0.39 is 5.97 Å². The Balaban J connectivity index is 3.14. The lowest BCUT2D eigenvalue weighted by Gasteiger charge is -2.05. The summed E-state index contributed by atoms with van der Waals surface area (Å²) < 4.78 is 4.74. The zero-order valence-electron chi connectivity index (χ0n) is 7.67. The van der Waals surface area contributed by atoms with Crippen LogP contribution in [0.4, 0.5) is 0 Å². The molecule has 6 heteroatoms. The van der Waals surface area contributed by atoms with Gasteiger partial charge < -0.3 is 4.74 Å². The molecule has 0 fully saturated rings. The number of halogens is 2. The van der Waals surface area contributed by atoms with Gasteiger partial charge in [-0.15, -0.1) is 0 Å². The molecule has 0 aliphatic heterocycles. The first-order valence-corrected chi connectivity index (χ1v) is 4.68. The molecule has 0 bridgehead atoms. The number of carbonyl (C=O) groups is 1. The van der Waals surface area contributed by atoms with E-state index in [9.17, 15) is 4.79 Å². The molecule has 1 heterocycles. The number of esters is 1. The van der Waals surface area contributed by atoms with E-state index in [2.05, 4.69) is 9.97 Å². The summed E-state index contributed by atoms with van der Waals surface area (Å²) in [5.74, 6) is -0.199. The van der Waals surface area contributed by atoms with Crippen LogP contribution in [0.3, 0.4) is 0 Å². The van der Waals surface area contributed by atoms with E-state index in [1.165, 1.54) is 0 Å². The van der Waals surface area contributed by atoms with Crippen molar-refractivity contribution in [1.29, 1.82) is 0 Å². The van der Waals surface area contributed by atoms with Gasteiger partial charge in [0.05, 0.1) is 6.61 Å². The van der Waals surface area contributed by atoms with Crippen molar-refractivity contribution in [3.8, 4) is 0 Å². The average molecular weight is 235 g/mol. The van der Waals surface area contributed by atoms with Gasteiger partial charge in [0.25, 0.3) is 0 Å². The minimum atomic E-state index is -0.609. The van der Waals surface area contributed by atoms with Gasteiger partial charge in [-0.2, -0.15) is 0 Å². The molecule has 1 aromatic rings. The van der Waals surface area contributed by atoms with Crippen LogP contribution >= 0.6 is 23.2 Å². The lowest BCUT2D eigenvalue weighted by molar-refractivity contribution is 0.0526. The molecule has 0 saturated carbocycles. The van der Waals surface area contributed by atoms with E-state index >= 15 is 0 Å². The topological polar surface area (TPSA) is 52.1 Å². The van der Waals surface area contributed by atoms with E-state index in [0.29, 0.717) is 5.82 Å². The van der Waals surface area contributed by atoms with Crippen LogP contribution in [-0.2, 0) is 4.74 Å². The predicted molar refractivity (Wildman–Crippen MR) is 52.7 cm³/mol. The number of hydrogen-bond acceptors (Lipinski definition) is 4. The van der Waals surface area contributed by atoms with Crippen molar-refractivity contribution in [2.45, 2.75) is 13.8 Å². The van der Waals surface area contributed by atoms with Crippen molar-refractivity contribution in [2.75, 3.05) is 6.61 Å². The fourth-order valence-corrected chi connectivity index (χ4v) is 1.50. The maximum atomic E-state index is 11.3. The quantitative estimate of drug-likeness (QED) is 0.582. The fraction of sp³-hybridized carbons (Fsp3) is 0.375. The first kappa shape index (κ1) is 11.2. The first-order valence-electron chi connectivity index (χ1n) is 3.93. The Hall–Kier alpha value is -0.870. The lowest BCUT2D eigenvalue weighted by atomic mass is 10.3. The number of aromatic nitrogens is 2. The highest BCUT2D eigenvalue weighted by Crippen LogP contribution is 2.21. The summed E-state index contributed by atoms with van der Waals surface area (Å²) in [7, 11) is 0. The second-order valence-corrected chi connectivity index (χ2v) is 3.16. The molecule has 0 spiro atoms. The van der Waals surface area contributed by atoms with Crippen molar-refractivity contribution >= 4 is 29.2 Å². The molecule has 0 unspecified atom stereocenters. The molecule has 0 aliphatic carbocycles. The van der Waals surface area contributed by atoms with Crippen LogP contribution in [0.15, 0.2) is 0 Å². The Morgan fingerprint density at radius 3 is 2.29 bits per heavy atom. The summed E-state index contributed by atoms with van der Waals surface area (Å²) in [5, 5.41) is 0.0295. The van der Waals surface area contributed by atoms with Crippen molar-refractivity contribution in [3.05, 3.63) is 21.7 Å². The maximum absolute atomic E-state index is 11.3. The normalized spacial score (nSPS) is 10.0. The van der Waals surface area contributed by atoms with E-state index in [1.807, 2.05) is 0 Å². The third-order valence-electron chi connectivity index (χ3n) is 1.41. The summed E-state index contributed by atoms with van der Waals surface area (Å²) in [6, 6.07) is 0. The highest BCUT2D eigenvalue weighted by atomic mass is 35.5. The van der Waals surface area contributed by atoms with Crippen molar-refractivity contribution in [1.82, 2.24) is 9.97 Å². The molecular weight excluding hydrogens is 227 g/mol.